The minimum Gasteiger partial charge on any atom is -0.378 e. The Morgan fingerprint density at radius 1 is 1.04 bits per heavy atom. The fourth-order valence-corrected chi connectivity index (χ4v) is 4.94. The van der Waals surface area contributed by atoms with Gasteiger partial charge in [0.15, 0.2) is 0 Å². The van der Waals surface area contributed by atoms with E-state index in [0.29, 0.717) is 23.2 Å². The predicted molar refractivity (Wildman–Crippen MR) is 97.6 cm³/mol. The van der Waals surface area contributed by atoms with Crippen LogP contribution in [0.1, 0.15) is 10.4 Å². The molecule has 140 valence electrons. The van der Waals surface area contributed by atoms with Gasteiger partial charge in [-0.25, -0.2) is 0 Å². The van der Waals surface area contributed by atoms with Crippen LogP contribution in [0, 0.1) is 0 Å². The van der Waals surface area contributed by atoms with Crippen LogP contribution in [0.3, 0.4) is 0 Å². The SMILES string of the molecule is O=C(c1ccc(Cl)cc1)N1CC2COCCN2C2(C1)CN(C1COC1)C2. The summed E-state index contributed by atoms with van der Waals surface area (Å²) in [5.41, 5.74) is 0.767. The van der Waals surface area contributed by atoms with Gasteiger partial charge in [-0.2, -0.15) is 0 Å². The lowest BCUT2D eigenvalue weighted by Gasteiger charge is -2.65. The summed E-state index contributed by atoms with van der Waals surface area (Å²) < 4.78 is 11.1. The zero-order valence-corrected chi connectivity index (χ0v) is 15.5. The summed E-state index contributed by atoms with van der Waals surface area (Å²) in [4.78, 5) is 20.2. The van der Waals surface area contributed by atoms with Crippen LogP contribution in [0.25, 0.3) is 0 Å². The molecule has 26 heavy (non-hydrogen) atoms. The van der Waals surface area contributed by atoms with Gasteiger partial charge in [0.05, 0.1) is 44.1 Å². The molecule has 4 fully saturated rings. The lowest BCUT2D eigenvalue weighted by molar-refractivity contribution is -0.191. The molecule has 4 saturated heterocycles. The predicted octanol–water partition coefficient (Wildman–Crippen LogP) is 0.950. The maximum absolute atomic E-state index is 13.1. The number of benzene rings is 1. The van der Waals surface area contributed by atoms with Crippen LogP contribution in [-0.2, 0) is 9.47 Å². The standard InChI is InChI=1S/C19H24ClN3O3/c20-15-3-1-14(2-4-15)18(24)21-7-16-8-25-6-5-23(16)19(11-21)12-22(13-19)17-9-26-10-17/h1-4,16-17H,5-13H2. The number of fused-ring (bicyclic) bond motifs is 2. The van der Waals surface area contributed by atoms with E-state index in [1.54, 1.807) is 12.1 Å². The third-order valence-corrected chi connectivity index (χ3v) is 6.52. The summed E-state index contributed by atoms with van der Waals surface area (Å²) in [7, 11) is 0. The number of amides is 1. The lowest BCUT2D eigenvalue weighted by atomic mass is 9.81. The molecule has 5 rings (SSSR count). The molecule has 4 heterocycles. The van der Waals surface area contributed by atoms with Crippen molar-refractivity contribution in [3.63, 3.8) is 0 Å². The molecule has 1 aromatic rings. The van der Waals surface area contributed by atoms with Gasteiger partial charge in [-0.1, -0.05) is 11.6 Å². The summed E-state index contributed by atoms with van der Waals surface area (Å²) >= 11 is 5.97. The highest BCUT2D eigenvalue weighted by Crippen LogP contribution is 2.38. The number of morpholine rings is 1. The Morgan fingerprint density at radius 2 is 1.77 bits per heavy atom. The molecule has 0 aliphatic carbocycles. The van der Waals surface area contributed by atoms with E-state index in [9.17, 15) is 4.79 Å². The molecule has 1 amide bonds. The molecule has 4 aliphatic rings. The fraction of sp³-hybridized carbons (Fsp3) is 0.632. The van der Waals surface area contributed by atoms with Crippen LogP contribution in [0.2, 0.25) is 5.02 Å². The number of nitrogens with zero attached hydrogens (tertiary/aromatic N) is 3. The second-order valence-electron chi connectivity index (χ2n) is 7.94. The van der Waals surface area contributed by atoms with E-state index in [4.69, 9.17) is 21.1 Å². The zero-order chi connectivity index (χ0) is 17.7. The molecule has 1 aromatic carbocycles. The van der Waals surface area contributed by atoms with Crippen LogP contribution in [0.4, 0.5) is 0 Å². The van der Waals surface area contributed by atoms with Crippen LogP contribution in [-0.4, -0.2) is 97.4 Å². The average Bonchev–Trinajstić information content (AvgIpc) is 2.58. The average molecular weight is 378 g/mol. The molecule has 7 heteroatoms. The first-order chi connectivity index (χ1) is 12.6. The molecular formula is C19H24ClN3O3. The lowest BCUT2D eigenvalue weighted by Crippen LogP contribution is -2.82. The highest BCUT2D eigenvalue weighted by atomic mass is 35.5. The Hall–Kier alpha value is -1.18. The van der Waals surface area contributed by atoms with Gasteiger partial charge in [-0.15, -0.1) is 0 Å². The molecule has 1 atom stereocenters. The van der Waals surface area contributed by atoms with Crippen molar-refractivity contribution in [3.05, 3.63) is 34.9 Å². The summed E-state index contributed by atoms with van der Waals surface area (Å²) in [6, 6.07) is 8.05. The zero-order valence-electron chi connectivity index (χ0n) is 14.8. The van der Waals surface area contributed by atoms with Gasteiger partial charge >= 0.3 is 0 Å². The molecule has 0 radical (unpaired) electrons. The molecule has 1 unspecified atom stereocenters. The van der Waals surface area contributed by atoms with Gasteiger partial charge < -0.3 is 14.4 Å². The fourth-order valence-electron chi connectivity index (χ4n) is 4.81. The van der Waals surface area contributed by atoms with Crippen molar-refractivity contribution >= 4 is 17.5 Å². The van der Waals surface area contributed by atoms with E-state index < -0.39 is 0 Å². The van der Waals surface area contributed by atoms with Crippen molar-refractivity contribution < 1.29 is 14.3 Å². The van der Waals surface area contributed by atoms with Crippen LogP contribution >= 0.6 is 11.6 Å². The maximum atomic E-state index is 13.1. The van der Waals surface area contributed by atoms with Gasteiger partial charge in [-0.3, -0.25) is 14.6 Å². The number of piperazine rings is 1. The molecule has 6 nitrogen and oxygen atoms in total. The number of carbonyl (C=O) groups excluding carboxylic acids is 1. The Balaban J connectivity index is 1.36. The molecule has 1 spiro atoms. The Labute approximate surface area is 158 Å². The van der Waals surface area contributed by atoms with Crippen molar-refractivity contribution in [1.82, 2.24) is 14.7 Å². The quantitative estimate of drug-likeness (QED) is 0.768. The summed E-state index contributed by atoms with van der Waals surface area (Å²) in [5.74, 6) is 0.0942. The van der Waals surface area contributed by atoms with E-state index >= 15 is 0 Å². The minimum atomic E-state index is 0.0599. The van der Waals surface area contributed by atoms with E-state index in [2.05, 4.69) is 9.80 Å². The topological polar surface area (TPSA) is 45.2 Å². The highest BCUT2D eigenvalue weighted by Gasteiger charge is 2.56. The number of carbonyl (C=O) groups is 1. The first kappa shape index (κ1) is 17.0. The van der Waals surface area contributed by atoms with E-state index in [1.165, 1.54) is 0 Å². The van der Waals surface area contributed by atoms with Gasteiger partial charge in [0.1, 0.15) is 0 Å². The van der Waals surface area contributed by atoms with Gasteiger partial charge in [-0.05, 0) is 24.3 Å². The van der Waals surface area contributed by atoms with Gasteiger partial charge in [0.25, 0.3) is 5.91 Å². The number of hydrogen-bond donors (Lipinski definition) is 0. The Morgan fingerprint density at radius 3 is 2.46 bits per heavy atom. The van der Waals surface area contributed by atoms with E-state index in [-0.39, 0.29) is 17.5 Å². The summed E-state index contributed by atoms with van der Waals surface area (Å²) in [6.45, 7) is 7.69. The number of rotatable bonds is 2. The second-order valence-corrected chi connectivity index (χ2v) is 8.37. The van der Waals surface area contributed by atoms with E-state index in [0.717, 1.165) is 52.5 Å². The van der Waals surface area contributed by atoms with Crippen LogP contribution < -0.4 is 0 Å². The monoisotopic (exact) mass is 377 g/mol. The summed E-state index contributed by atoms with van der Waals surface area (Å²) in [5, 5.41) is 0.654. The number of halogens is 1. The number of hydrogen-bond acceptors (Lipinski definition) is 5. The minimum absolute atomic E-state index is 0.0599. The first-order valence-corrected chi connectivity index (χ1v) is 9.74. The van der Waals surface area contributed by atoms with Gasteiger partial charge in [0.2, 0.25) is 0 Å². The summed E-state index contributed by atoms with van der Waals surface area (Å²) in [6.07, 6.45) is 0. The second kappa shape index (κ2) is 6.46. The molecule has 0 saturated carbocycles. The molecule has 0 N–H and O–H groups in total. The molecule has 0 bridgehead atoms. The highest BCUT2D eigenvalue weighted by molar-refractivity contribution is 6.30. The number of ether oxygens (including phenoxy) is 2. The Kier molecular flexibility index (Phi) is 4.21. The largest absolute Gasteiger partial charge is 0.378 e. The Bertz CT molecular complexity index is 688. The van der Waals surface area contributed by atoms with E-state index in [1.807, 2.05) is 17.0 Å². The van der Waals surface area contributed by atoms with Crippen molar-refractivity contribution in [2.24, 2.45) is 0 Å². The molecular weight excluding hydrogens is 354 g/mol. The van der Waals surface area contributed by atoms with Crippen molar-refractivity contribution in [1.29, 1.82) is 0 Å². The molecule has 4 aliphatic heterocycles. The third kappa shape index (κ3) is 2.75. The third-order valence-electron chi connectivity index (χ3n) is 6.26. The van der Waals surface area contributed by atoms with Crippen LogP contribution in [0.15, 0.2) is 24.3 Å². The molecule has 0 aromatic heterocycles. The van der Waals surface area contributed by atoms with Crippen molar-refractivity contribution in [3.8, 4) is 0 Å². The smallest absolute Gasteiger partial charge is 0.253 e. The van der Waals surface area contributed by atoms with Gasteiger partial charge in [0, 0.05) is 43.3 Å². The van der Waals surface area contributed by atoms with Crippen molar-refractivity contribution in [2.45, 2.75) is 17.6 Å². The normalized spacial score (nSPS) is 29.1. The van der Waals surface area contributed by atoms with Crippen molar-refractivity contribution in [2.75, 3.05) is 59.2 Å². The first-order valence-electron chi connectivity index (χ1n) is 9.36. The van der Waals surface area contributed by atoms with Crippen LogP contribution in [0.5, 0.6) is 0 Å². The number of likely N-dealkylation sites (tertiary alicyclic amines) is 1. The maximum Gasteiger partial charge on any atom is 0.253 e.